The number of carbonyl (C=O) groups is 1. The molecule has 6 nitrogen and oxygen atoms in total. The van der Waals surface area contributed by atoms with Gasteiger partial charge in [0.25, 0.3) is 11.8 Å². The van der Waals surface area contributed by atoms with E-state index in [0.29, 0.717) is 28.7 Å². The Kier molecular flexibility index (Phi) is 4.84. The first-order valence-electron chi connectivity index (χ1n) is 8.68. The highest BCUT2D eigenvalue weighted by molar-refractivity contribution is 6.04. The fourth-order valence-corrected chi connectivity index (χ4v) is 2.71. The molecule has 138 valence electrons. The molecule has 0 atom stereocenters. The summed E-state index contributed by atoms with van der Waals surface area (Å²) >= 11 is 0. The number of nitrogens with one attached hydrogen (secondary N) is 1. The maximum Gasteiger partial charge on any atom is 0.258 e. The first-order chi connectivity index (χ1) is 13.7. The zero-order valence-electron chi connectivity index (χ0n) is 15.1. The molecule has 0 saturated heterocycles. The van der Waals surface area contributed by atoms with Crippen LogP contribution in [0.25, 0.3) is 22.8 Å². The van der Waals surface area contributed by atoms with Crippen molar-refractivity contribution >= 4 is 11.6 Å². The molecule has 0 spiro atoms. The summed E-state index contributed by atoms with van der Waals surface area (Å²) in [7, 11) is 1.57. The van der Waals surface area contributed by atoms with Gasteiger partial charge >= 0.3 is 0 Å². The van der Waals surface area contributed by atoms with Gasteiger partial charge in [0.2, 0.25) is 5.82 Å². The second kappa shape index (κ2) is 7.75. The molecule has 0 saturated carbocycles. The number of rotatable bonds is 5. The molecule has 0 aliphatic carbocycles. The molecule has 6 heteroatoms. The summed E-state index contributed by atoms with van der Waals surface area (Å²) in [5.74, 6) is 1.37. The molecule has 1 aromatic heterocycles. The summed E-state index contributed by atoms with van der Waals surface area (Å²) in [6.07, 6.45) is 0. The van der Waals surface area contributed by atoms with Crippen molar-refractivity contribution in [2.45, 2.75) is 0 Å². The predicted molar refractivity (Wildman–Crippen MR) is 106 cm³/mol. The number of carbonyl (C=O) groups excluding carboxylic acids is 1. The number of benzene rings is 3. The van der Waals surface area contributed by atoms with Crippen LogP contribution in [0, 0.1) is 0 Å². The van der Waals surface area contributed by atoms with Gasteiger partial charge in [-0.2, -0.15) is 4.98 Å². The van der Waals surface area contributed by atoms with Crippen LogP contribution < -0.4 is 10.1 Å². The highest BCUT2D eigenvalue weighted by atomic mass is 16.5. The van der Waals surface area contributed by atoms with Crippen LogP contribution in [0.5, 0.6) is 5.75 Å². The topological polar surface area (TPSA) is 77.2 Å². The number of hydrogen-bond acceptors (Lipinski definition) is 5. The molecule has 1 N–H and O–H groups in total. The van der Waals surface area contributed by atoms with Crippen molar-refractivity contribution in [2.24, 2.45) is 0 Å². The summed E-state index contributed by atoms with van der Waals surface area (Å²) in [4.78, 5) is 16.8. The van der Waals surface area contributed by atoms with Crippen LogP contribution >= 0.6 is 0 Å². The minimum absolute atomic E-state index is 0.212. The molecule has 1 amide bonds. The Morgan fingerprint density at radius 2 is 1.71 bits per heavy atom. The minimum Gasteiger partial charge on any atom is -0.497 e. The second-order valence-electron chi connectivity index (χ2n) is 6.05. The van der Waals surface area contributed by atoms with Crippen molar-refractivity contribution in [1.82, 2.24) is 10.1 Å². The molecule has 4 aromatic rings. The molecular weight excluding hydrogens is 354 g/mol. The van der Waals surface area contributed by atoms with E-state index in [4.69, 9.17) is 9.26 Å². The van der Waals surface area contributed by atoms with Crippen molar-refractivity contribution in [3.63, 3.8) is 0 Å². The number of amides is 1. The van der Waals surface area contributed by atoms with Crippen LogP contribution in [0.2, 0.25) is 0 Å². The summed E-state index contributed by atoms with van der Waals surface area (Å²) in [6.45, 7) is 0. The van der Waals surface area contributed by atoms with Crippen LogP contribution in [0.15, 0.2) is 83.4 Å². The smallest absolute Gasteiger partial charge is 0.258 e. The van der Waals surface area contributed by atoms with Crippen LogP contribution in [-0.2, 0) is 0 Å². The average Bonchev–Trinajstić information content (AvgIpc) is 3.25. The maximum atomic E-state index is 12.4. The van der Waals surface area contributed by atoms with Gasteiger partial charge in [-0.1, -0.05) is 41.6 Å². The summed E-state index contributed by atoms with van der Waals surface area (Å²) in [6, 6.07) is 23.8. The highest BCUT2D eigenvalue weighted by Gasteiger charge is 2.11. The predicted octanol–water partition coefficient (Wildman–Crippen LogP) is 4.66. The number of methoxy groups -OCH3 is 1. The van der Waals surface area contributed by atoms with Gasteiger partial charge in [0.05, 0.1) is 7.11 Å². The van der Waals surface area contributed by atoms with Gasteiger partial charge in [-0.05, 0) is 42.5 Å². The minimum atomic E-state index is -0.212. The van der Waals surface area contributed by atoms with Gasteiger partial charge < -0.3 is 14.6 Å². The summed E-state index contributed by atoms with van der Waals surface area (Å²) in [5.41, 5.74) is 2.85. The summed E-state index contributed by atoms with van der Waals surface area (Å²) < 4.78 is 10.5. The number of ether oxygens (including phenoxy) is 1. The van der Waals surface area contributed by atoms with E-state index in [1.165, 1.54) is 0 Å². The lowest BCUT2D eigenvalue weighted by molar-refractivity contribution is 0.102. The number of aromatic nitrogens is 2. The molecule has 0 aliphatic heterocycles. The third-order valence-corrected chi connectivity index (χ3v) is 4.18. The third-order valence-electron chi connectivity index (χ3n) is 4.18. The fourth-order valence-electron chi connectivity index (χ4n) is 2.71. The van der Waals surface area contributed by atoms with E-state index in [1.54, 1.807) is 43.5 Å². The molecule has 0 unspecified atom stereocenters. The van der Waals surface area contributed by atoms with E-state index in [1.807, 2.05) is 42.5 Å². The van der Waals surface area contributed by atoms with Gasteiger partial charge in [0, 0.05) is 22.4 Å². The van der Waals surface area contributed by atoms with Gasteiger partial charge in [-0.3, -0.25) is 4.79 Å². The van der Waals surface area contributed by atoms with Crippen LogP contribution in [0.3, 0.4) is 0 Å². The third kappa shape index (κ3) is 3.76. The maximum absolute atomic E-state index is 12.4. The number of hydrogen-bond donors (Lipinski definition) is 1. The monoisotopic (exact) mass is 371 g/mol. The van der Waals surface area contributed by atoms with Crippen molar-refractivity contribution in [2.75, 3.05) is 12.4 Å². The normalized spacial score (nSPS) is 10.5. The van der Waals surface area contributed by atoms with Crippen molar-refractivity contribution in [1.29, 1.82) is 0 Å². The van der Waals surface area contributed by atoms with E-state index in [2.05, 4.69) is 15.5 Å². The lowest BCUT2D eigenvalue weighted by atomic mass is 10.1. The Morgan fingerprint density at radius 1 is 0.929 bits per heavy atom. The molecule has 4 rings (SSSR count). The van der Waals surface area contributed by atoms with Crippen molar-refractivity contribution < 1.29 is 14.1 Å². The van der Waals surface area contributed by atoms with Crippen molar-refractivity contribution in [3.8, 4) is 28.6 Å². The lowest BCUT2D eigenvalue weighted by Gasteiger charge is -2.07. The molecule has 1 heterocycles. The summed E-state index contributed by atoms with van der Waals surface area (Å²) in [5, 5.41) is 6.88. The Morgan fingerprint density at radius 3 is 2.46 bits per heavy atom. The largest absolute Gasteiger partial charge is 0.497 e. The standard InChI is InChI=1S/C22H17N3O3/c1-27-19-9-5-8-17(14-19)21(26)23-18-12-10-16(11-13-18)22-24-20(25-28-22)15-6-3-2-4-7-15/h2-14H,1H3,(H,23,26). The molecule has 0 radical (unpaired) electrons. The quantitative estimate of drug-likeness (QED) is 0.552. The first kappa shape index (κ1) is 17.5. The molecule has 3 aromatic carbocycles. The van der Waals surface area contributed by atoms with E-state index >= 15 is 0 Å². The first-order valence-corrected chi connectivity index (χ1v) is 8.68. The number of nitrogens with zero attached hydrogens (tertiary/aromatic N) is 2. The molecule has 0 bridgehead atoms. The van der Waals surface area contributed by atoms with E-state index in [0.717, 1.165) is 11.1 Å². The van der Waals surface area contributed by atoms with Gasteiger partial charge in [-0.15, -0.1) is 0 Å². The van der Waals surface area contributed by atoms with Gasteiger partial charge in [-0.25, -0.2) is 0 Å². The average molecular weight is 371 g/mol. The molecular formula is C22H17N3O3. The van der Waals surface area contributed by atoms with Crippen LogP contribution in [0.4, 0.5) is 5.69 Å². The van der Waals surface area contributed by atoms with Crippen LogP contribution in [-0.4, -0.2) is 23.2 Å². The zero-order valence-corrected chi connectivity index (χ0v) is 15.1. The molecule has 0 aliphatic rings. The Bertz CT molecular complexity index is 1090. The molecule has 0 fully saturated rings. The Hall–Kier alpha value is -3.93. The Labute approximate surface area is 161 Å². The van der Waals surface area contributed by atoms with Gasteiger partial charge in [0.15, 0.2) is 0 Å². The fraction of sp³-hybridized carbons (Fsp3) is 0.0455. The highest BCUT2D eigenvalue weighted by Crippen LogP contribution is 2.23. The van der Waals surface area contributed by atoms with Gasteiger partial charge in [0.1, 0.15) is 5.75 Å². The SMILES string of the molecule is COc1cccc(C(=O)Nc2ccc(-c3nc(-c4ccccc4)no3)cc2)c1. The van der Waals surface area contributed by atoms with Crippen molar-refractivity contribution in [3.05, 3.63) is 84.4 Å². The zero-order chi connectivity index (χ0) is 19.3. The Balaban J connectivity index is 1.48. The van der Waals surface area contributed by atoms with Crippen LogP contribution in [0.1, 0.15) is 10.4 Å². The second-order valence-corrected chi connectivity index (χ2v) is 6.05. The van der Waals surface area contributed by atoms with E-state index in [9.17, 15) is 4.79 Å². The molecule has 28 heavy (non-hydrogen) atoms. The van der Waals surface area contributed by atoms with E-state index < -0.39 is 0 Å². The lowest BCUT2D eigenvalue weighted by Crippen LogP contribution is -2.11. The number of anilines is 1. The van der Waals surface area contributed by atoms with E-state index in [-0.39, 0.29) is 5.91 Å².